The van der Waals surface area contributed by atoms with Crippen LogP contribution in [0, 0.1) is 0 Å². The third-order valence-corrected chi connectivity index (χ3v) is 1.90. The molecule has 84 valence electrons. The van der Waals surface area contributed by atoms with Crippen molar-refractivity contribution in [3.05, 3.63) is 24.3 Å². The Balaban J connectivity index is 2.59. The van der Waals surface area contributed by atoms with Gasteiger partial charge in [-0.15, -0.1) is 0 Å². The van der Waals surface area contributed by atoms with Gasteiger partial charge in [-0.1, -0.05) is 12.1 Å². The third kappa shape index (κ3) is 4.10. The molecule has 15 heavy (non-hydrogen) atoms. The van der Waals surface area contributed by atoms with E-state index in [1.807, 2.05) is 0 Å². The van der Waals surface area contributed by atoms with Crippen molar-refractivity contribution in [2.24, 2.45) is 0 Å². The second kappa shape index (κ2) is 4.42. The maximum absolute atomic E-state index is 12.0. The van der Waals surface area contributed by atoms with Gasteiger partial charge in [-0.05, 0) is 19.1 Å². The number of nitrogen functional groups attached to an aromatic ring is 1. The lowest BCUT2D eigenvalue weighted by Crippen LogP contribution is -2.24. The van der Waals surface area contributed by atoms with Crippen molar-refractivity contribution in [1.82, 2.24) is 0 Å². The quantitative estimate of drug-likeness (QED) is 0.765. The Bertz CT molecular complexity index is 323. The summed E-state index contributed by atoms with van der Waals surface area (Å²) in [6, 6.07) is 6.06. The smallest absolute Gasteiger partial charge is 0.391 e. The maximum atomic E-state index is 12.0. The second-order valence-corrected chi connectivity index (χ2v) is 3.45. The van der Waals surface area contributed by atoms with Crippen LogP contribution < -0.4 is 11.1 Å². The van der Waals surface area contributed by atoms with Crippen molar-refractivity contribution in [2.75, 3.05) is 11.1 Å². The number of alkyl halides is 3. The molecule has 1 unspecified atom stereocenters. The minimum atomic E-state index is -4.16. The first-order valence-electron chi connectivity index (χ1n) is 4.56. The summed E-state index contributed by atoms with van der Waals surface area (Å²) in [5.41, 5.74) is 6.58. The second-order valence-electron chi connectivity index (χ2n) is 3.45. The van der Waals surface area contributed by atoms with Crippen LogP contribution in [-0.2, 0) is 0 Å². The molecule has 0 saturated heterocycles. The van der Waals surface area contributed by atoms with E-state index in [1.54, 1.807) is 24.3 Å². The Kier molecular flexibility index (Phi) is 3.44. The summed E-state index contributed by atoms with van der Waals surface area (Å²) in [6.07, 6.45) is -5.03. The zero-order valence-electron chi connectivity index (χ0n) is 8.31. The van der Waals surface area contributed by atoms with Crippen LogP contribution in [0.1, 0.15) is 13.3 Å². The highest BCUT2D eigenvalue weighted by atomic mass is 19.4. The lowest BCUT2D eigenvalue weighted by Gasteiger charge is -2.18. The van der Waals surface area contributed by atoms with E-state index in [0.29, 0.717) is 11.4 Å². The largest absolute Gasteiger partial charge is 0.397 e. The van der Waals surface area contributed by atoms with Gasteiger partial charge in [0.2, 0.25) is 0 Å². The molecule has 0 aromatic heterocycles. The summed E-state index contributed by atoms with van der Waals surface area (Å²) >= 11 is 0. The molecule has 1 atom stereocenters. The summed E-state index contributed by atoms with van der Waals surface area (Å²) in [5, 5.41) is 2.72. The lowest BCUT2D eigenvalue weighted by molar-refractivity contribution is -0.136. The Hall–Kier alpha value is -1.39. The minimum absolute atomic E-state index is 0.450. The number of nitrogens with two attached hydrogens (primary N) is 1. The molecule has 0 aliphatic heterocycles. The van der Waals surface area contributed by atoms with Gasteiger partial charge in [-0.2, -0.15) is 13.2 Å². The van der Waals surface area contributed by atoms with E-state index in [4.69, 9.17) is 5.73 Å². The fraction of sp³-hybridized carbons (Fsp3) is 0.400. The van der Waals surface area contributed by atoms with Gasteiger partial charge in [-0.25, -0.2) is 0 Å². The third-order valence-electron chi connectivity index (χ3n) is 1.90. The Morgan fingerprint density at radius 1 is 1.33 bits per heavy atom. The number of benzene rings is 1. The first kappa shape index (κ1) is 11.7. The molecule has 0 heterocycles. The van der Waals surface area contributed by atoms with E-state index in [2.05, 4.69) is 5.32 Å². The minimum Gasteiger partial charge on any atom is -0.397 e. The molecule has 1 aromatic rings. The van der Waals surface area contributed by atoms with Gasteiger partial charge in [0.05, 0.1) is 17.8 Å². The zero-order valence-corrected chi connectivity index (χ0v) is 8.31. The standard InChI is InChI=1S/C10H13F3N2/c1-7(6-10(11,12)13)15-9-5-3-2-4-8(9)14/h2-5,7,15H,6,14H2,1H3. The topological polar surface area (TPSA) is 38.0 Å². The van der Waals surface area contributed by atoms with Gasteiger partial charge in [0.25, 0.3) is 0 Å². The Morgan fingerprint density at radius 2 is 1.93 bits per heavy atom. The summed E-state index contributed by atoms with van der Waals surface area (Å²) in [5.74, 6) is 0. The van der Waals surface area contributed by atoms with Crippen molar-refractivity contribution in [2.45, 2.75) is 25.6 Å². The fourth-order valence-corrected chi connectivity index (χ4v) is 1.29. The predicted octanol–water partition coefficient (Wildman–Crippen LogP) is 3.02. The van der Waals surface area contributed by atoms with Crippen LogP contribution in [0.4, 0.5) is 24.5 Å². The molecule has 0 bridgehead atoms. The van der Waals surface area contributed by atoms with E-state index in [0.717, 1.165) is 0 Å². The van der Waals surface area contributed by atoms with E-state index in [1.165, 1.54) is 6.92 Å². The van der Waals surface area contributed by atoms with Crippen LogP contribution in [-0.4, -0.2) is 12.2 Å². The molecule has 0 amide bonds. The summed E-state index contributed by atoms with van der Waals surface area (Å²) in [6.45, 7) is 1.47. The van der Waals surface area contributed by atoms with Gasteiger partial charge >= 0.3 is 6.18 Å². The number of nitrogens with one attached hydrogen (secondary N) is 1. The Labute approximate surface area is 86.3 Å². The van der Waals surface area contributed by atoms with Gasteiger partial charge in [-0.3, -0.25) is 0 Å². The van der Waals surface area contributed by atoms with E-state index in [9.17, 15) is 13.2 Å². The number of rotatable bonds is 3. The van der Waals surface area contributed by atoms with Gasteiger partial charge in [0.15, 0.2) is 0 Å². The van der Waals surface area contributed by atoms with Crippen molar-refractivity contribution < 1.29 is 13.2 Å². The molecular formula is C10H13F3N2. The molecule has 0 aliphatic rings. The normalized spacial score (nSPS) is 13.6. The van der Waals surface area contributed by atoms with Crippen LogP contribution >= 0.6 is 0 Å². The predicted molar refractivity (Wildman–Crippen MR) is 54.6 cm³/mol. The van der Waals surface area contributed by atoms with Gasteiger partial charge in [0.1, 0.15) is 0 Å². The summed E-state index contributed by atoms with van der Waals surface area (Å²) in [4.78, 5) is 0. The van der Waals surface area contributed by atoms with Crippen LogP contribution in [0.15, 0.2) is 24.3 Å². The average Bonchev–Trinajstić information content (AvgIpc) is 2.05. The highest BCUT2D eigenvalue weighted by molar-refractivity contribution is 5.65. The molecule has 3 N–H and O–H groups in total. The monoisotopic (exact) mass is 218 g/mol. The van der Waals surface area contributed by atoms with E-state index in [-0.39, 0.29) is 0 Å². The van der Waals surface area contributed by atoms with Gasteiger partial charge in [0, 0.05) is 6.04 Å². The van der Waals surface area contributed by atoms with Crippen molar-refractivity contribution in [3.8, 4) is 0 Å². The van der Waals surface area contributed by atoms with Crippen molar-refractivity contribution in [3.63, 3.8) is 0 Å². The van der Waals surface area contributed by atoms with Crippen LogP contribution in [0.3, 0.4) is 0 Å². The van der Waals surface area contributed by atoms with Crippen LogP contribution in [0.5, 0.6) is 0 Å². The summed E-state index contributed by atoms with van der Waals surface area (Å²) in [7, 11) is 0. The molecular weight excluding hydrogens is 205 g/mol. The van der Waals surface area contributed by atoms with Crippen molar-refractivity contribution >= 4 is 11.4 Å². The first-order valence-corrected chi connectivity index (χ1v) is 4.56. The first-order chi connectivity index (χ1) is 6.88. The summed E-state index contributed by atoms with van der Waals surface area (Å²) < 4.78 is 36.1. The molecule has 0 aliphatic carbocycles. The SMILES string of the molecule is CC(CC(F)(F)F)Nc1ccccc1N. The molecule has 5 heteroatoms. The van der Waals surface area contributed by atoms with Gasteiger partial charge < -0.3 is 11.1 Å². The van der Waals surface area contributed by atoms with E-state index >= 15 is 0 Å². The zero-order chi connectivity index (χ0) is 11.5. The fourth-order valence-electron chi connectivity index (χ4n) is 1.29. The molecule has 0 fully saturated rings. The molecule has 0 radical (unpaired) electrons. The molecule has 2 nitrogen and oxygen atoms in total. The van der Waals surface area contributed by atoms with E-state index < -0.39 is 18.6 Å². The van der Waals surface area contributed by atoms with Crippen LogP contribution in [0.2, 0.25) is 0 Å². The number of halogens is 3. The molecule has 1 rings (SSSR count). The number of para-hydroxylation sites is 2. The highest BCUT2D eigenvalue weighted by Crippen LogP contribution is 2.25. The molecule has 1 aromatic carbocycles. The molecule has 0 spiro atoms. The van der Waals surface area contributed by atoms with Crippen LogP contribution in [0.25, 0.3) is 0 Å². The van der Waals surface area contributed by atoms with Crippen molar-refractivity contribution in [1.29, 1.82) is 0 Å². The average molecular weight is 218 g/mol. The number of anilines is 2. The lowest BCUT2D eigenvalue weighted by atomic mass is 10.2. The Morgan fingerprint density at radius 3 is 2.47 bits per heavy atom. The number of hydrogen-bond donors (Lipinski definition) is 2. The maximum Gasteiger partial charge on any atom is 0.391 e. The molecule has 0 saturated carbocycles. The highest BCUT2D eigenvalue weighted by Gasteiger charge is 2.29. The number of hydrogen-bond acceptors (Lipinski definition) is 2.